The van der Waals surface area contributed by atoms with Crippen LogP contribution in [0.3, 0.4) is 0 Å². The third-order valence-electron chi connectivity index (χ3n) is 5.53. The first-order valence-corrected chi connectivity index (χ1v) is 9.45. The molecule has 2 aliphatic rings. The molecule has 3 rings (SSSR count). The van der Waals surface area contributed by atoms with Gasteiger partial charge in [0, 0.05) is 19.1 Å². The van der Waals surface area contributed by atoms with E-state index in [1.54, 1.807) is 14.2 Å². The highest BCUT2D eigenvalue weighted by molar-refractivity contribution is 5.79. The summed E-state index contributed by atoms with van der Waals surface area (Å²) >= 11 is 0. The molecule has 2 heterocycles. The summed E-state index contributed by atoms with van der Waals surface area (Å²) in [5.74, 6) is 2.08. The Bertz CT molecular complexity index is 584. The van der Waals surface area contributed by atoms with Crippen LogP contribution < -0.4 is 14.8 Å². The van der Waals surface area contributed by atoms with Crippen LogP contribution in [0.4, 0.5) is 0 Å². The topological polar surface area (TPSA) is 50.8 Å². The summed E-state index contributed by atoms with van der Waals surface area (Å²) in [5, 5.41) is 3.32. The van der Waals surface area contributed by atoms with Crippen molar-refractivity contribution in [3.05, 3.63) is 23.8 Å². The second-order valence-electron chi connectivity index (χ2n) is 7.10. The molecule has 2 aliphatic heterocycles. The van der Waals surface area contributed by atoms with Gasteiger partial charge in [-0.15, -0.1) is 0 Å². The fourth-order valence-corrected chi connectivity index (χ4v) is 4.06. The largest absolute Gasteiger partial charge is 0.493 e. The Balaban J connectivity index is 1.62. The van der Waals surface area contributed by atoms with E-state index in [4.69, 9.17) is 9.47 Å². The van der Waals surface area contributed by atoms with Gasteiger partial charge in [-0.05, 0) is 62.8 Å². The number of aryl methyl sites for hydroxylation is 1. The van der Waals surface area contributed by atoms with Gasteiger partial charge in [0.1, 0.15) is 0 Å². The molecular weight excluding hydrogens is 316 g/mol. The van der Waals surface area contributed by atoms with Crippen molar-refractivity contribution in [2.45, 2.75) is 44.6 Å². The lowest BCUT2D eigenvalue weighted by atomic mass is 9.94. The molecule has 0 spiro atoms. The average molecular weight is 346 g/mol. The minimum atomic E-state index is 0.182. The van der Waals surface area contributed by atoms with Gasteiger partial charge in [0.25, 0.3) is 0 Å². The van der Waals surface area contributed by atoms with Crippen molar-refractivity contribution in [2.24, 2.45) is 5.92 Å². The maximum atomic E-state index is 12.9. The quantitative estimate of drug-likeness (QED) is 0.860. The minimum absolute atomic E-state index is 0.182. The molecule has 138 valence electrons. The molecule has 2 atom stereocenters. The molecule has 0 bridgehead atoms. The zero-order valence-electron chi connectivity index (χ0n) is 15.4. The van der Waals surface area contributed by atoms with Crippen molar-refractivity contribution in [1.82, 2.24) is 10.2 Å². The van der Waals surface area contributed by atoms with Gasteiger partial charge in [0.2, 0.25) is 5.91 Å². The molecule has 0 aliphatic carbocycles. The number of methoxy groups -OCH3 is 2. The summed E-state index contributed by atoms with van der Waals surface area (Å²) in [6, 6.07) is 6.48. The van der Waals surface area contributed by atoms with Crippen LogP contribution in [0.1, 0.15) is 37.7 Å². The summed E-state index contributed by atoms with van der Waals surface area (Å²) in [7, 11) is 3.32. The fraction of sp³-hybridized carbons (Fsp3) is 0.650. The van der Waals surface area contributed by atoms with Crippen LogP contribution in [-0.4, -0.2) is 50.7 Å². The van der Waals surface area contributed by atoms with E-state index >= 15 is 0 Å². The Morgan fingerprint density at radius 3 is 2.76 bits per heavy atom. The second-order valence-corrected chi connectivity index (χ2v) is 7.10. The first-order chi connectivity index (χ1) is 12.2. The van der Waals surface area contributed by atoms with E-state index in [0.29, 0.717) is 11.9 Å². The van der Waals surface area contributed by atoms with Crippen LogP contribution in [0.15, 0.2) is 18.2 Å². The molecule has 25 heavy (non-hydrogen) atoms. The molecule has 5 heteroatoms. The Morgan fingerprint density at radius 2 is 2.04 bits per heavy atom. The molecule has 5 nitrogen and oxygen atoms in total. The third kappa shape index (κ3) is 4.27. The van der Waals surface area contributed by atoms with Gasteiger partial charge in [-0.1, -0.05) is 6.07 Å². The molecule has 0 radical (unpaired) electrons. The highest BCUT2D eigenvalue weighted by Gasteiger charge is 2.32. The van der Waals surface area contributed by atoms with Crippen LogP contribution in [0.5, 0.6) is 11.5 Å². The van der Waals surface area contributed by atoms with Crippen molar-refractivity contribution in [1.29, 1.82) is 0 Å². The summed E-state index contributed by atoms with van der Waals surface area (Å²) in [6.45, 7) is 2.74. The number of nitrogens with zero attached hydrogens (tertiary/aromatic N) is 1. The molecule has 2 fully saturated rings. The molecule has 1 amide bonds. The maximum absolute atomic E-state index is 12.9. The molecule has 0 unspecified atom stereocenters. The van der Waals surface area contributed by atoms with Gasteiger partial charge < -0.3 is 19.7 Å². The van der Waals surface area contributed by atoms with E-state index < -0.39 is 0 Å². The number of rotatable bonds is 6. The number of likely N-dealkylation sites (tertiary alicyclic amines) is 1. The zero-order chi connectivity index (χ0) is 17.6. The number of nitrogens with one attached hydrogen (secondary N) is 1. The number of carbonyl (C=O) groups is 1. The van der Waals surface area contributed by atoms with E-state index in [-0.39, 0.29) is 5.92 Å². The SMILES string of the molecule is COc1ccc(CC[C@@H]2CCCCN2C(=O)[C@H]2CCNC2)cc1OC. The first kappa shape index (κ1) is 18.1. The molecule has 1 aromatic rings. The summed E-state index contributed by atoms with van der Waals surface area (Å²) in [4.78, 5) is 15.0. The molecule has 1 aromatic carbocycles. The van der Waals surface area contributed by atoms with Gasteiger partial charge in [0.15, 0.2) is 11.5 Å². The third-order valence-corrected chi connectivity index (χ3v) is 5.53. The van der Waals surface area contributed by atoms with Crippen LogP contribution >= 0.6 is 0 Å². The Morgan fingerprint density at radius 1 is 1.20 bits per heavy atom. The number of hydrogen-bond acceptors (Lipinski definition) is 4. The number of carbonyl (C=O) groups excluding carboxylic acids is 1. The molecular formula is C20H30N2O3. The predicted molar refractivity (Wildman–Crippen MR) is 98.2 cm³/mol. The number of ether oxygens (including phenoxy) is 2. The van der Waals surface area contributed by atoms with Crippen molar-refractivity contribution >= 4 is 5.91 Å². The van der Waals surface area contributed by atoms with Crippen molar-refractivity contribution < 1.29 is 14.3 Å². The van der Waals surface area contributed by atoms with Crippen molar-refractivity contribution in [3.8, 4) is 11.5 Å². The monoisotopic (exact) mass is 346 g/mol. The number of amides is 1. The van der Waals surface area contributed by atoms with E-state index in [2.05, 4.69) is 22.3 Å². The summed E-state index contributed by atoms with van der Waals surface area (Å²) in [6.07, 6.45) is 6.44. The van der Waals surface area contributed by atoms with E-state index in [9.17, 15) is 4.79 Å². The lowest BCUT2D eigenvalue weighted by Gasteiger charge is -2.37. The van der Waals surface area contributed by atoms with Crippen molar-refractivity contribution in [3.63, 3.8) is 0 Å². The summed E-state index contributed by atoms with van der Waals surface area (Å²) < 4.78 is 10.7. The van der Waals surface area contributed by atoms with Gasteiger partial charge in [-0.3, -0.25) is 4.79 Å². The highest BCUT2D eigenvalue weighted by Crippen LogP contribution is 2.29. The number of piperidine rings is 1. The van der Waals surface area contributed by atoms with E-state index in [1.165, 1.54) is 12.0 Å². The predicted octanol–water partition coefficient (Wildman–Crippen LogP) is 2.63. The molecule has 0 aromatic heterocycles. The summed E-state index contributed by atoms with van der Waals surface area (Å²) in [5.41, 5.74) is 1.23. The first-order valence-electron chi connectivity index (χ1n) is 9.45. The molecule has 1 N–H and O–H groups in total. The normalized spacial score (nSPS) is 23.5. The Kier molecular flexibility index (Phi) is 6.19. The van der Waals surface area contributed by atoms with Crippen LogP contribution in [0.2, 0.25) is 0 Å². The Labute approximate surface area is 150 Å². The number of hydrogen-bond donors (Lipinski definition) is 1. The molecule has 0 saturated carbocycles. The minimum Gasteiger partial charge on any atom is -0.493 e. The van der Waals surface area contributed by atoms with Crippen LogP contribution in [-0.2, 0) is 11.2 Å². The van der Waals surface area contributed by atoms with Gasteiger partial charge in [-0.2, -0.15) is 0 Å². The van der Waals surface area contributed by atoms with E-state index in [0.717, 1.165) is 63.2 Å². The highest BCUT2D eigenvalue weighted by atomic mass is 16.5. The van der Waals surface area contributed by atoms with Gasteiger partial charge in [-0.25, -0.2) is 0 Å². The van der Waals surface area contributed by atoms with E-state index in [1.807, 2.05) is 6.07 Å². The van der Waals surface area contributed by atoms with Gasteiger partial charge >= 0.3 is 0 Å². The zero-order valence-corrected chi connectivity index (χ0v) is 15.4. The second kappa shape index (κ2) is 8.56. The molecule has 2 saturated heterocycles. The van der Waals surface area contributed by atoms with Gasteiger partial charge in [0.05, 0.1) is 20.1 Å². The fourth-order valence-electron chi connectivity index (χ4n) is 4.06. The lowest BCUT2D eigenvalue weighted by Crippen LogP contribution is -2.47. The van der Waals surface area contributed by atoms with Crippen LogP contribution in [0.25, 0.3) is 0 Å². The van der Waals surface area contributed by atoms with Crippen LogP contribution in [0, 0.1) is 5.92 Å². The van der Waals surface area contributed by atoms with Crippen molar-refractivity contribution in [2.75, 3.05) is 33.9 Å². The smallest absolute Gasteiger partial charge is 0.227 e. The number of benzene rings is 1. The maximum Gasteiger partial charge on any atom is 0.227 e. The average Bonchev–Trinajstić information content (AvgIpc) is 3.20. The lowest BCUT2D eigenvalue weighted by molar-refractivity contribution is -0.138. The Hall–Kier alpha value is -1.75. The standard InChI is InChI=1S/C20H30N2O3/c1-24-18-9-7-15(13-19(18)25-2)6-8-17-5-3-4-12-22(17)20(23)16-10-11-21-14-16/h7,9,13,16-17,21H,3-6,8,10-12,14H2,1-2H3/t16-,17-/m0/s1.